The molecule has 2 aliphatic rings. The van der Waals surface area contributed by atoms with E-state index in [1.54, 1.807) is 42.3 Å². The fourth-order valence-corrected chi connectivity index (χ4v) is 3.73. The molecule has 3 heterocycles. The molecule has 8 heteroatoms. The van der Waals surface area contributed by atoms with Crippen molar-refractivity contribution in [3.63, 3.8) is 0 Å². The molecule has 8 nitrogen and oxygen atoms in total. The third-order valence-corrected chi connectivity index (χ3v) is 5.28. The van der Waals surface area contributed by atoms with Gasteiger partial charge in [0.2, 0.25) is 12.7 Å². The molecule has 2 aliphatic heterocycles. The molecule has 1 saturated heterocycles. The molecule has 1 N–H and O–H groups in total. The molecule has 1 unspecified atom stereocenters. The Morgan fingerprint density at radius 2 is 1.93 bits per heavy atom. The minimum absolute atomic E-state index is 0.00727. The number of ether oxygens (including phenoxy) is 2. The zero-order valence-electron chi connectivity index (χ0n) is 16.6. The van der Waals surface area contributed by atoms with Crippen molar-refractivity contribution in [2.24, 2.45) is 0 Å². The van der Waals surface area contributed by atoms with E-state index in [0.29, 0.717) is 29.3 Å². The Labute approximate surface area is 168 Å². The Hall–Kier alpha value is -3.29. The van der Waals surface area contributed by atoms with Gasteiger partial charge in [0.15, 0.2) is 11.5 Å². The molecular formula is C21H23N3O5. The molecule has 0 saturated carbocycles. The van der Waals surface area contributed by atoms with Crippen LogP contribution in [0.1, 0.15) is 36.2 Å². The van der Waals surface area contributed by atoms with E-state index >= 15 is 0 Å². The van der Waals surface area contributed by atoms with Crippen LogP contribution in [0, 0.1) is 6.92 Å². The summed E-state index contributed by atoms with van der Waals surface area (Å²) >= 11 is 0. The van der Waals surface area contributed by atoms with Crippen LogP contribution < -0.4 is 20.3 Å². The molecule has 152 valence electrons. The van der Waals surface area contributed by atoms with Gasteiger partial charge in [-0.2, -0.15) is 0 Å². The number of pyridine rings is 1. The number of benzene rings is 1. The van der Waals surface area contributed by atoms with E-state index in [-0.39, 0.29) is 36.8 Å². The van der Waals surface area contributed by atoms with E-state index in [1.165, 1.54) is 4.57 Å². The zero-order valence-corrected chi connectivity index (χ0v) is 16.6. The number of fused-ring (bicyclic) bond motifs is 1. The summed E-state index contributed by atoms with van der Waals surface area (Å²) in [6.45, 7) is 6.19. The average molecular weight is 397 g/mol. The molecule has 2 amide bonds. The summed E-state index contributed by atoms with van der Waals surface area (Å²) in [5, 5.41) is 2.85. The van der Waals surface area contributed by atoms with Gasteiger partial charge in [0.1, 0.15) is 5.56 Å². The van der Waals surface area contributed by atoms with E-state index in [4.69, 9.17) is 9.47 Å². The van der Waals surface area contributed by atoms with Crippen molar-refractivity contribution < 1.29 is 19.1 Å². The molecular weight excluding hydrogens is 374 g/mol. The van der Waals surface area contributed by atoms with E-state index in [0.717, 1.165) is 0 Å². The number of nitrogens with zero attached hydrogens (tertiary/aromatic N) is 2. The molecule has 1 fully saturated rings. The van der Waals surface area contributed by atoms with Gasteiger partial charge in [0.25, 0.3) is 11.5 Å². The largest absolute Gasteiger partial charge is 0.454 e. The molecule has 2 aromatic rings. The van der Waals surface area contributed by atoms with Gasteiger partial charge in [-0.15, -0.1) is 0 Å². The third-order valence-electron chi connectivity index (χ3n) is 5.28. The topological polar surface area (TPSA) is 89.9 Å². The van der Waals surface area contributed by atoms with Gasteiger partial charge in [0, 0.05) is 31.3 Å². The summed E-state index contributed by atoms with van der Waals surface area (Å²) < 4.78 is 12.1. The first-order chi connectivity index (χ1) is 13.8. The van der Waals surface area contributed by atoms with E-state index in [9.17, 15) is 14.4 Å². The fourth-order valence-electron chi connectivity index (χ4n) is 3.73. The lowest BCUT2D eigenvalue weighted by atomic mass is 10.1. The predicted molar refractivity (Wildman–Crippen MR) is 106 cm³/mol. The third kappa shape index (κ3) is 3.46. The Bertz CT molecular complexity index is 1040. The Kier molecular flexibility index (Phi) is 4.77. The van der Waals surface area contributed by atoms with Crippen LogP contribution in [0.5, 0.6) is 11.5 Å². The smallest absolute Gasteiger partial charge is 0.268 e. The molecule has 4 rings (SSSR count). The fraction of sp³-hybridized carbons (Fsp3) is 0.381. The van der Waals surface area contributed by atoms with Gasteiger partial charge < -0.3 is 19.7 Å². The first kappa shape index (κ1) is 19.0. The van der Waals surface area contributed by atoms with Crippen LogP contribution in [0.2, 0.25) is 0 Å². The molecule has 1 aromatic heterocycles. The highest BCUT2D eigenvalue weighted by Crippen LogP contribution is 2.33. The van der Waals surface area contributed by atoms with Gasteiger partial charge in [-0.1, -0.05) is 0 Å². The van der Waals surface area contributed by atoms with E-state index in [2.05, 4.69) is 5.32 Å². The van der Waals surface area contributed by atoms with Crippen molar-refractivity contribution in [1.82, 2.24) is 14.8 Å². The second kappa shape index (κ2) is 7.27. The number of amides is 2. The number of hydrogen-bond acceptors (Lipinski definition) is 5. The van der Waals surface area contributed by atoms with Crippen LogP contribution in [0.15, 0.2) is 35.3 Å². The number of carbonyl (C=O) groups excluding carboxylic acids is 2. The summed E-state index contributed by atoms with van der Waals surface area (Å²) in [5.41, 5.74) is 0.803. The van der Waals surface area contributed by atoms with Crippen molar-refractivity contribution in [2.75, 3.05) is 13.3 Å². The minimum atomic E-state index is -0.467. The Balaban J connectivity index is 1.61. The highest BCUT2D eigenvalue weighted by Gasteiger charge is 2.33. The molecule has 0 radical (unpaired) electrons. The number of aryl methyl sites for hydroxylation is 1. The van der Waals surface area contributed by atoms with Crippen molar-refractivity contribution in [2.45, 2.75) is 39.3 Å². The van der Waals surface area contributed by atoms with E-state index < -0.39 is 11.5 Å². The van der Waals surface area contributed by atoms with Crippen molar-refractivity contribution in [3.8, 4) is 17.2 Å². The highest BCUT2D eigenvalue weighted by atomic mass is 16.7. The van der Waals surface area contributed by atoms with Crippen molar-refractivity contribution in [1.29, 1.82) is 0 Å². The maximum absolute atomic E-state index is 13.1. The highest BCUT2D eigenvalue weighted by molar-refractivity contribution is 5.96. The molecule has 0 bridgehead atoms. The molecule has 1 aromatic carbocycles. The van der Waals surface area contributed by atoms with Crippen molar-refractivity contribution >= 4 is 11.8 Å². The van der Waals surface area contributed by atoms with Gasteiger partial charge in [-0.05, 0) is 44.5 Å². The lowest BCUT2D eigenvalue weighted by Crippen LogP contribution is -2.41. The monoisotopic (exact) mass is 397 g/mol. The normalized spacial score (nSPS) is 17.9. The van der Waals surface area contributed by atoms with Crippen LogP contribution in [-0.2, 0) is 4.79 Å². The number of carbonyl (C=O) groups is 2. The molecule has 0 aliphatic carbocycles. The first-order valence-corrected chi connectivity index (χ1v) is 9.57. The molecule has 29 heavy (non-hydrogen) atoms. The van der Waals surface area contributed by atoms with Crippen molar-refractivity contribution in [3.05, 3.63) is 51.9 Å². The Morgan fingerprint density at radius 3 is 2.66 bits per heavy atom. The second-order valence-corrected chi connectivity index (χ2v) is 7.60. The maximum atomic E-state index is 13.1. The molecule has 0 spiro atoms. The average Bonchev–Trinajstić information content (AvgIpc) is 3.27. The molecule has 1 atom stereocenters. The quantitative estimate of drug-likeness (QED) is 0.847. The van der Waals surface area contributed by atoms with Crippen LogP contribution in [0.25, 0.3) is 5.69 Å². The number of rotatable bonds is 4. The van der Waals surface area contributed by atoms with Gasteiger partial charge in [0.05, 0.1) is 11.7 Å². The van der Waals surface area contributed by atoms with Crippen LogP contribution >= 0.6 is 0 Å². The SMILES string of the molecule is Cc1ccn(-c2ccc3c(c2)OCO3)c(=O)c1C(=O)NC1CC(=O)N(C(C)C)C1. The number of likely N-dealkylation sites (tertiary alicyclic amines) is 1. The van der Waals surface area contributed by atoms with Crippen LogP contribution in [0.4, 0.5) is 0 Å². The summed E-state index contributed by atoms with van der Waals surface area (Å²) in [4.78, 5) is 39.8. The maximum Gasteiger partial charge on any atom is 0.268 e. The first-order valence-electron chi connectivity index (χ1n) is 9.57. The number of nitrogens with one attached hydrogen (secondary N) is 1. The van der Waals surface area contributed by atoms with E-state index in [1.807, 2.05) is 13.8 Å². The summed E-state index contributed by atoms with van der Waals surface area (Å²) in [5.74, 6) is 0.713. The number of aromatic nitrogens is 1. The van der Waals surface area contributed by atoms with Crippen LogP contribution in [0.3, 0.4) is 0 Å². The van der Waals surface area contributed by atoms with Gasteiger partial charge in [-0.25, -0.2) is 0 Å². The van der Waals surface area contributed by atoms with Gasteiger partial charge in [-0.3, -0.25) is 19.0 Å². The lowest BCUT2D eigenvalue weighted by Gasteiger charge is -2.21. The lowest BCUT2D eigenvalue weighted by molar-refractivity contribution is -0.129. The minimum Gasteiger partial charge on any atom is -0.454 e. The summed E-state index contributed by atoms with van der Waals surface area (Å²) in [7, 11) is 0. The summed E-state index contributed by atoms with van der Waals surface area (Å²) in [6, 6.07) is 6.66. The van der Waals surface area contributed by atoms with Crippen LogP contribution in [-0.4, -0.2) is 46.7 Å². The number of hydrogen-bond donors (Lipinski definition) is 1. The summed E-state index contributed by atoms with van der Waals surface area (Å²) in [6.07, 6.45) is 1.87. The Morgan fingerprint density at radius 1 is 1.17 bits per heavy atom. The standard InChI is InChI=1S/C21H23N3O5/c1-12(2)24-10-14(8-18(24)25)22-20(26)19-13(3)6-7-23(21(19)27)15-4-5-16-17(9-15)29-11-28-16/h4-7,9,12,14H,8,10-11H2,1-3H3,(H,22,26). The zero-order chi connectivity index (χ0) is 20.7. The second-order valence-electron chi connectivity index (χ2n) is 7.60. The predicted octanol–water partition coefficient (Wildman–Crippen LogP) is 1.61. The van der Waals surface area contributed by atoms with Gasteiger partial charge >= 0.3 is 0 Å².